The second-order valence-electron chi connectivity index (χ2n) is 10.1. The second kappa shape index (κ2) is 15.4. The standard InChI is InChI=1S/C16H11F4N.C9H13BO2.C7BrF4N/c1-7-4-8(2)11(9(3)5-7)12-15(19)13(17)10(6-21)14(18)16(12)20;1-6-4-7(2)9(10(11)12)8(3)5-6;8-3-6(11)4(9)2(1-13)5(10)7(3)12/h4-5H,1-3H3;4-5,11-12H,1-3H3;. The molecule has 46 heavy (non-hydrogen) atoms. The molecule has 14 heteroatoms. The molecule has 0 saturated carbocycles. The highest BCUT2D eigenvalue weighted by Gasteiger charge is 2.28. The molecule has 4 nitrogen and oxygen atoms in total. The highest BCUT2D eigenvalue weighted by molar-refractivity contribution is 9.10. The molecule has 4 aromatic rings. The average Bonchev–Trinajstić information content (AvgIpc) is 2.96. The van der Waals surface area contributed by atoms with Crippen LogP contribution in [0.4, 0.5) is 35.1 Å². The predicted octanol–water partition coefficient (Wildman–Crippen LogP) is 7.88. The molecular weight excluding hydrogens is 687 g/mol. The van der Waals surface area contributed by atoms with Crippen LogP contribution in [0.25, 0.3) is 11.1 Å². The number of rotatable bonds is 2. The van der Waals surface area contributed by atoms with Gasteiger partial charge in [0.05, 0.1) is 10.0 Å². The quantitative estimate of drug-likeness (QED) is 0.0960. The van der Waals surface area contributed by atoms with E-state index >= 15 is 0 Å². The molecule has 0 aromatic heterocycles. The van der Waals surface area contributed by atoms with Crippen LogP contribution in [0.15, 0.2) is 28.7 Å². The van der Waals surface area contributed by atoms with Crippen molar-refractivity contribution in [3.8, 4) is 23.3 Å². The SMILES string of the molecule is Cc1cc(C)c(-c2c(F)c(F)c(C#N)c(F)c2F)c(C)c1.Cc1cc(C)c(B(O)O)c(C)c1.N#Cc1c(F)c(F)c(Br)c(F)c1F. The number of hydrogen-bond donors (Lipinski definition) is 2. The summed E-state index contributed by atoms with van der Waals surface area (Å²) < 4.78 is 105. The minimum atomic E-state index is -1.70. The van der Waals surface area contributed by atoms with Crippen molar-refractivity contribution < 1.29 is 45.2 Å². The van der Waals surface area contributed by atoms with Gasteiger partial charge >= 0.3 is 7.12 Å². The highest BCUT2D eigenvalue weighted by atomic mass is 79.9. The fourth-order valence-electron chi connectivity index (χ4n) is 4.83. The van der Waals surface area contributed by atoms with Crippen molar-refractivity contribution in [3.05, 3.63) is 120 Å². The normalized spacial score (nSPS) is 10.2. The molecule has 0 bridgehead atoms. The zero-order valence-electron chi connectivity index (χ0n) is 25.1. The Hall–Kier alpha value is -4.24. The molecule has 0 unspecified atom stereocenters. The smallest absolute Gasteiger partial charge is 0.423 e. The number of halogens is 9. The maximum absolute atomic E-state index is 14.1. The third-order valence-electron chi connectivity index (χ3n) is 6.62. The molecule has 0 heterocycles. The number of nitrogens with zero attached hydrogens (tertiary/aromatic N) is 2. The predicted molar refractivity (Wildman–Crippen MR) is 160 cm³/mol. The monoisotopic (exact) mass is 710 g/mol. The topological polar surface area (TPSA) is 88.0 Å². The van der Waals surface area contributed by atoms with Crippen LogP contribution in [-0.2, 0) is 0 Å². The van der Waals surface area contributed by atoms with Crippen molar-refractivity contribution in [2.24, 2.45) is 0 Å². The number of nitriles is 2. The van der Waals surface area contributed by atoms with Crippen molar-refractivity contribution in [1.82, 2.24) is 0 Å². The van der Waals surface area contributed by atoms with Gasteiger partial charge in [0, 0.05) is 0 Å². The molecular formula is C32H24BBrF8N2O2. The Morgan fingerprint density at radius 2 is 0.826 bits per heavy atom. The van der Waals surface area contributed by atoms with E-state index in [1.54, 1.807) is 32.9 Å². The van der Waals surface area contributed by atoms with Crippen LogP contribution in [0.3, 0.4) is 0 Å². The van der Waals surface area contributed by atoms with Crippen LogP contribution >= 0.6 is 15.9 Å². The van der Waals surface area contributed by atoms with Gasteiger partial charge in [-0.1, -0.05) is 46.5 Å². The minimum Gasteiger partial charge on any atom is -0.423 e. The summed E-state index contributed by atoms with van der Waals surface area (Å²) in [5, 5.41) is 34.8. The van der Waals surface area contributed by atoms with E-state index in [0.29, 0.717) is 16.6 Å². The molecule has 0 spiro atoms. The van der Waals surface area contributed by atoms with E-state index < -0.39 is 74.8 Å². The summed E-state index contributed by atoms with van der Waals surface area (Å²) in [5.74, 6) is -13.1. The lowest BCUT2D eigenvalue weighted by Gasteiger charge is -2.14. The zero-order valence-corrected chi connectivity index (χ0v) is 26.7. The van der Waals surface area contributed by atoms with Gasteiger partial charge in [0.2, 0.25) is 0 Å². The van der Waals surface area contributed by atoms with E-state index in [4.69, 9.17) is 20.6 Å². The lowest BCUT2D eigenvalue weighted by Crippen LogP contribution is -2.34. The van der Waals surface area contributed by atoms with Gasteiger partial charge in [-0.05, 0) is 79.6 Å². The van der Waals surface area contributed by atoms with E-state index in [1.807, 2.05) is 32.9 Å². The molecule has 0 aliphatic heterocycles. The molecule has 4 rings (SSSR count). The molecule has 0 radical (unpaired) electrons. The van der Waals surface area contributed by atoms with E-state index in [2.05, 4.69) is 15.9 Å². The fourth-order valence-corrected chi connectivity index (χ4v) is 5.17. The van der Waals surface area contributed by atoms with E-state index in [1.165, 1.54) is 0 Å². The Labute approximate surface area is 268 Å². The number of hydrogen-bond acceptors (Lipinski definition) is 4. The van der Waals surface area contributed by atoms with Crippen LogP contribution in [0.2, 0.25) is 0 Å². The minimum absolute atomic E-state index is 0.0953. The van der Waals surface area contributed by atoms with Gasteiger partial charge in [-0.25, -0.2) is 35.1 Å². The van der Waals surface area contributed by atoms with E-state index in [9.17, 15) is 35.1 Å². The summed E-state index contributed by atoms with van der Waals surface area (Å²) in [6.45, 7) is 10.8. The van der Waals surface area contributed by atoms with Gasteiger partial charge in [-0.3, -0.25) is 0 Å². The third-order valence-corrected chi connectivity index (χ3v) is 7.32. The fraction of sp³-hybridized carbons (Fsp3) is 0.188. The zero-order chi connectivity index (χ0) is 35.4. The van der Waals surface area contributed by atoms with Crippen molar-refractivity contribution >= 4 is 28.5 Å². The lowest BCUT2D eigenvalue weighted by atomic mass is 9.74. The van der Waals surface area contributed by atoms with Crippen molar-refractivity contribution in [2.45, 2.75) is 41.5 Å². The lowest BCUT2D eigenvalue weighted by molar-refractivity contribution is 0.425. The molecule has 0 aliphatic carbocycles. The van der Waals surface area contributed by atoms with E-state index in [0.717, 1.165) is 34.4 Å². The van der Waals surface area contributed by atoms with Crippen molar-refractivity contribution in [3.63, 3.8) is 0 Å². The van der Waals surface area contributed by atoms with Gasteiger partial charge < -0.3 is 10.0 Å². The first-order valence-corrected chi connectivity index (χ1v) is 13.8. The summed E-state index contributed by atoms with van der Waals surface area (Å²) >= 11 is 2.30. The first-order chi connectivity index (χ1) is 21.3. The van der Waals surface area contributed by atoms with Crippen LogP contribution in [-0.4, -0.2) is 17.2 Å². The number of benzene rings is 4. The van der Waals surface area contributed by atoms with Crippen LogP contribution in [0.1, 0.15) is 44.5 Å². The van der Waals surface area contributed by atoms with Gasteiger partial charge in [-0.2, -0.15) is 10.5 Å². The average molecular weight is 711 g/mol. The Balaban J connectivity index is 0.000000255. The Morgan fingerprint density at radius 1 is 0.522 bits per heavy atom. The van der Waals surface area contributed by atoms with Crippen LogP contribution in [0, 0.1) is 111 Å². The summed E-state index contributed by atoms with van der Waals surface area (Å²) in [5.41, 5.74) is 2.29. The summed E-state index contributed by atoms with van der Waals surface area (Å²) in [6.07, 6.45) is 0. The molecule has 0 aliphatic rings. The maximum atomic E-state index is 14.1. The number of aryl methyl sites for hydroxylation is 6. The molecule has 240 valence electrons. The van der Waals surface area contributed by atoms with Crippen molar-refractivity contribution in [2.75, 3.05) is 0 Å². The Bertz CT molecular complexity index is 1820. The van der Waals surface area contributed by atoms with Crippen LogP contribution < -0.4 is 5.46 Å². The third kappa shape index (κ3) is 7.76. The highest BCUT2D eigenvalue weighted by Crippen LogP contribution is 2.36. The van der Waals surface area contributed by atoms with Gasteiger partial charge in [0.1, 0.15) is 23.3 Å². The largest absolute Gasteiger partial charge is 0.488 e. The van der Waals surface area contributed by atoms with Gasteiger partial charge in [0.25, 0.3) is 0 Å². The molecule has 0 atom stereocenters. The first-order valence-electron chi connectivity index (χ1n) is 13.0. The second-order valence-corrected chi connectivity index (χ2v) is 10.9. The molecule has 4 aromatic carbocycles. The van der Waals surface area contributed by atoms with E-state index in [-0.39, 0.29) is 5.56 Å². The molecule has 2 N–H and O–H groups in total. The maximum Gasteiger partial charge on any atom is 0.488 e. The summed E-state index contributed by atoms with van der Waals surface area (Å²) in [4.78, 5) is 0. The van der Waals surface area contributed by atoms with Gasteiger partial charge in [0.15, 0.2) is 46.5 Å². The summed E-state index contributed by atoms with van der Waals surface area (Å²) in [6, 6.07) is 9.37. The molecule has 0 amide bonds. The first kappa shape index (κ1) is 37.9. The summed E-state index contributed by atoms with van der Waals surface area (Å²) in [7, 11) is -1.36. The molecule has 0 fully saturated rings. The Morgan fingerprint density at radius 3 is 1.13 bits per heavy atom. The van der Waals surface area contributed by atoms with Gasteiger partial charge in [-0.15, -0.1) is 0 Å². The van der Waals surface area contributed by atoms with Crippen molar-refractivity contribution in [1.29, 1.82) is 10.5 Å². The molecule has 0 saturated heterocycles. The van der Waals surface area contributed by atoms with Crippen LogP contribution in [0.5, 0.6) is 0 Å². The Kier molecular flexibility index (Phi) is 12.7.